The molecule has 0 unspecified atom stereocenters. The first-order valence-corrected chi connectivity index (χ1v) is 5.29. The zero-order valence-corrected chi connectivity index (χ0v) is 9.64. The van der Waals surface area contributed by atoms with E-state index in [0.717, 1.165) is 5.56 Å². The highest BCUT2D eigenvalue weighted by molar-refractivity contribution is 5.82. The average molecular weight is 233 g/mol. The summed E-state index contributed by atoms with van der Waals surface area (Å²) >= 11 is 0. The molecule has 1 rings (SSSR count). The topological polar surface area (TPSA) is 66.4 Å². The van der Waals surface area contributed by atoms with Crippen molar-refractivity contribution in [1.29, 1.82) is 0 Å². The number of amides is 1. The Morgan fingerprint density at radius 3 is 2.53 bits per heavy atom. The van der Waals surface area contributed by atoms with Crippen LogP contribution in [0.1, 0.15) is 17.5 Å². The van der Waals surface area contributed by atoms with Crippen molar-refractivity contribution in [2.45, 2.75) is 13.3 Å². The maximum Gasteiger partial charge on any atom is 0.322 e. The number of rotatable bonds is 5. The number of benzene rings is 1. The number of carboxylic acid groups (broad SMARTS) is 1. The molecule has 0 aliphatic rings. The molecule has 1 aromatic carbocycles. The number of aryl methyl sites for hydroxylation is 1. The van der Waals surface area contributed by atoms with Crippen LogP contribution in [-0.2, 0) is 9.59 Å². The van der Waals surface area contributed by atoms with Crippen molar-refractivity contribution in [3.05, 3.63) is 41.5 Å². The molecule has 0 heterocycles. The predicted octanol–water partition coefficient (Wildman–Crippen LogP) is 1.60. The molecule has 0 aliphatic heterocycles. The Balaban J connectivity index is 2.37. The molecule has 0 fully saturated rings. The van der Waals surface area contributed by atoms with Gasteiger partial charge in [-0.1, -0.05) is 42.0 Å². The van der Waals surface area contributed by atoms with Gasteiger partial charge in [0.25, 0.3) is 0 Å². The number of carbonyl (C=O) groups excluding carboxylic acids is 1. The lowest BCUT2D eigenvalue weighted by molar-refractivity contribution is -0.137. The number of nitrogens with one attached hydrogen (secondary N) is 1. The number of hydrogen-bond donors (Lipinski definition) is 2. The molecule has 1 amide bonds. The third-order valence-corrected chi connectivity index (χ3v) is 2.13. The minimum Gasteiger partial charge on any atom is -0.480 e. The van der Waals surface area contributed by atoms with E-state index < -0.39 is 5.97 Å². The Bertz CT molecular complexity index is 421. The fraction of sp³-hybridized carbons (Fsp3) is 0.231. The van der Waals surface area contributed by atoms with Gasteiger partial charge >= 0.3 is 5.97 Å². The van der Waals surface area contributed by atoms with E-state index in [0.29, 0.717) is 0 Å². The highest BCUT2D eigenvalue weighted by atomic mass is 16.4. The molecule has 0 saturated heterocycles. The molecule has 0 saturated carbocycles. The first-order valence-electron chi connectivity index (χ1n) is 5.29. The molecular formula is C13H15NO3. The van der Waals surface area contributed by atoms with Gasteiger partial charge in [0.05, 0.1) is 0 Å². The van der Waals surface area contributed by atoms with Crippen molar-refractivity contribution in [3.63, 3.8) is 0 Å². The Kier molecular flexibility index (Phi) is 4.94. The summed E-state index contributed by atoms with van der Waals surface area (Å²) in [5.74, 6) is -1.34. The molecule has 0 spiro atoms. The number of aliphatic carboxylic acids is 1. The van der Waals surface area contributed by atoms with Crippen LogP contribution in [0.4, 0.5) is 0 Å². The summed E-state index contributed by atoms with van der Waals surface area (Å²) in [7, 11) is 0. The van der Waals surface area contributed by atoms with Crippen LogP contribution in [0.15, 0.2) is 30.3 Å². The first kappa shape index (κ1) is 13.0. The molecule has 1 aromatic rings. The third kappa shape index (κ3) is 5.51. The second kappa shape index (κ2) is 6.48. The lowest BCUT2D eigenvalue weighted by Crippen LogP contribution is -2.28. The van der Waals surface area contributed by atoms with Gasteiger partial charge in [0.15, 0.2) is 0 Å². The van der Waals surface area contributed by atoms with Gasteiger partial charge in [-0.15, -0.1) is 0 Å². The van der Waals surface area contributed by atoms with Crippen LogP contribution in [0.3, 0.4) is 0 Å². The van der Waals surface area contributed by atoms with E-state index in [1.165, 1.54) is 5.56 Å². The van der Waals surface area contributed by atoms with Crippen LogP contribution in [0, 0.1) is 6.92 Å². The standard InChI is InChI=1S/C13H15NO3/c1-10-5-7-11(8-6-10)3-2-4-12(15)14-9-13(16)17/h2-3,5-8H,4,9H2,1H3,(H,14,15)(H,16,17)/b3-2+. The molecule has 0 aliphatic carbocycles. The summed E-state index contributed by atoms with van der Waals surface area (Å²) < 4.78 is 0. The van der Waals surface area contributed by atoms with Gasteiger partial charge in [-0.2, -0.15) is 0 Å². The molecule has 17 heavy (non-hydrogen) atoms. The van der Waals surface area contributed by atoms with Crippen LogP contribution in [0.5, 0.6) is 0 Å². The SMILES string of the molecule is Cc1ccc(/C=C/CC(=O)NCC(=O)O)cc1. The van der Waals surface area contributed by atoms with Gasteiger partial charge in [-0.3, -0.25) is 9.59 Å². The summed E-state index contributed by atoms with van der Waals surface area (Å²) in [4.78, 5) is 21.4. The van der Waals surface area contributed by atoms with Crippen LogP contribution < -0.4 is 5.32 Å². The van der Waals surface area contributed by atoms with Crippen molar-refractivity contribution >= 4 is 18.0 Å². The van der Waals surface area contributed by atoms with Crippen LogP contribution >= 0.6 is 0 Å². The van der Waals surface area contributed by atoms with Crippen LogP contribution in [0.25, 0.3) is 6.08 Å². The number of hydrogen-bond acceptors (Lipinski definition) is 2. The highest BCUT2D eigenvalue weighted by Gasteiger charge is 2.00. The van der Waals surface area contributed by atoms with E-state index in [-0.39, 0.29) is 18.9 Å². The second-order valence-corrected chi connectivity index (χ2v) is 3.69. The smallest absolute Gasteiger partial charge is 0.322 e. The maximum absolute atomic E-state index is 11.2. The van der Waals surface area contributed by atoms with E-state index >= 15 is 0 Å². The van der Waals surface area contributed by atoms with Crippen LogP contribution in [-0.4, -0.2) is 23.5 Å². The highest BCUT2D eigenvalue weighted by Crippen LogP contribution is 2.05. The van der Waals surface area contributed by atoms with Crippen molar-refractivity contribution < 1.29 is 14.7 Å². The van der Waals surface area contributed by atoms with Gasteiger partial charge in [0, 0.05) is 6.42 Å². The summed E-state index contributed by atoms with van der Waals surface area (Å²) in [6.07, 6.45) is 3.72. The number of carboxylic acids is 1. The monoisotopic (exact) mass is 233 g/mol. The zero-order chi connectivity index (χ0) is 12.7. The minimum absolute atomic E-state index is 0.182. The van der Waals surface area contributed by atoms with Gasteiger partial charge in [-0.25, -0.2) is 0 Å². The van der Waals surface area contributed by atoms with Gasteiger partial charge in [-0.05, 0) is 12.5 Å². The van der Waals surface area contributed by atoms with E-state index in [4.69, 9.17) is 5.11 Å². The van der Waals surface area contributed by atoms with Crippen molar-refractivity contribution in [2.75, 3.05) is 6.54 Å². The summed E-state index contributed by atoms with van der Waals surface area (Å²) in [5, 5.41) is 10.6. The van der Waals surface area contributed by atoms with E-state index in [9.17, 15) is 9.59 Å². The lowest BCUT2D eigenvalue weighted by atomic mass is 10.1. The summed E-state index contributed by atoms with van der Waals surface area (Å²) in [6, 6.07) is 7.90. The second-order valence-electron chi connectivity index (χ2n) is 3.69. The fourth-order valence-corrected chi connectivity index (χ4v) is 1.23. The Morgan fingerprint density at radius 1 is 1.29 bits per heavy atom. The lowest BCUT2D eigenvalue weighted by Gasteiger charge is -1.98. The molecule has 0 bridgehead atoms. The van der Waals surface area contributed by atoms with Gasteiger partial charge < -0.3 is 10.4 Å². The predicted molar refractivity (Wildman–Crippen MR) is 65.5 cm³/mol. The van der Waals surface area contributed by atoms with Crippen molar-refractivity contribution in [3.8, 4) is 0 Å². The summed E-state index contributed by atoms with van der Waals surface area (Å²) in [5.41, 5.74) is 2.20. The largest absolute Gasteiger partial charge is 0.480 e. The van der Waals surface area contributed by atoms with E-state index in [2.05, 4.69) is 5.32 Å². The van der Waals surface area contributed by atoms with Crippen molar-refractivity contribution in [2.24, 2.45) is 0 Å². The zero-order valence-electron chi connectivity index (χ0n) is 9.64. The van der Waals surface area contributed by atoms with E-state index in [1.54, 1.807) is 6.08 Å². The minimum atomic E-state index is -1.04. The van der Waals surface area contributed by atoms with Gasteiger partial charge in [0.2, 0.25) is 5.91 Å². The molecule has 90 valence electrons. The Hall–Kier alpha value is -2.10. The van der Waals surface area contributed by atoms with Crippen molar-refractivity contribution in [1.82, 2.24) is 5.32 Å². The molecule has 0 aromatic heterocycles. The molecule has 2 N–H and O–H groups in total. The third-order valence-electron chi connectivity index (χ3n) is 2.13. The maximum atomic E-state index is 11.2. The van der Waals surface area contributed by atoms with Gasteiger partial charge in [0.1, 0.15) is 6.54 Å². The first-order chi connectivity index (χ1) is 8.08. The molecule has 0 radical (unpaired) electrons. The Morgan fingerprint density at radius 2 is 1.94 bits per heavy atom. The number of carbonyl (C=O) groups is 2. The Labute approximate surface area is 100.0 Å². The average Bonchev–Trinajstić information content (AvgIpc) is 2.29. The molecule has 4 nitrogen and oxygen atoms in total. The normalized spacial score (nSPS) is 10.4. The fourth-order valence-electron chi connectivity index (χ4n) is 1.23. The molecular weight excluding hydrogens is 218 g/mol. The quantitative estimate of drug-likeness (QED) is 0.811. The molecule has 4 heteroatoms. The van der Waals surface area contributed by atoms with Crippen LogP contribution in [0.2, 0.25) is 0 Å². The van der Waals surface area contributed by atoms with E-state index in [1.807, 2.05) is 37.3 Å². The molecule has 0 atom stereocenters. The summed E-state index contributed by atoms with van der Waals surface area (Å²) in [6.45, 7) is 1.67.